The van der Waals surface area contributed by atoms with Crippen molar-refractivity contribution in [1.29, 1.82) is 0 Å². The highest BCUT2D eigenvalue weighted by Gasteiger charge is 2.22. The van der Waals surface area contributed by atoms with Crippen molar-refractivity contribution in [3.8, 4) is 0 Å². The molecule has 86 valence electrons. The van der Waals surface area contributed by atoms with Crippen LogP contribution in [0.1, 0.15) is 0 Å². The fourth-order valence-corrected chi connectivity index (χ4v) is 1.55. The van der Waals surface area contributed by atoms with Crippen molar-refractivity contribution in [2.45, 2.75) is 25.7 Å². The first-order valence-electron chi connectivity index (χ1n) is 4.55. The van der Waals surface area contributed by atoms with Gasteiger partial charge in [0.1, 0.15) is 0 Å². The molecule has 0 saturated heterocycles. The van der Waals surface area contributed by atoms with E-state index in [4.69, 9.17) is 9.16 Å². The van der Waals surface area contributed by atoms with E-state index in [1.54, 1.807) is 0 Å². The van der Waals surface area contributed by atoms with E-state index in [0.29, 0.717) is 0 Å². The summed E-state index contributed by atoms with van der Waals surface area (Å²) < 4.78 is 15.1. The fraction of sp³-hybridized carbons (Fsp3) is 0.500. The van der Waals surface area contributed by atoms with Gasteiger partial charge in [0.25, 0.3) is 5.95 Å². The highest BCUT2D eigenvalue weighted by molar-refractivity contribution is 6.69. The second-order valence-electron chi connectivity index (χ2n) is 3.88. The lowest BCUT2D eigenvalue weighted by Crippen LogP contribution is -2.29. The molecule has 0 aromatic heterocycles. The van der Waals surface area contributed by atoms with Crippen LogP contribution >= 0.6 is 0 Å². The molecule has 0 heterocycles. The highest BCUT2D eigenvalue weighted by atomic mass is 28.4. The van der Waals surface area contributed by atoms with E-state index in [-0.39, 0.29) is 5.95 Å². The quantitative estimate of drug-likeness (QED) is 0.303. The van der Waals surface area contributed by atoms with Gasteiger partial charge >= 0.3 is 5.97 Å². The predicted octanol–water partition coefficient (Wildman–Crippen LogP) is 2.05. The summed E-state index contributed by atoms with van der Waals surface area (Å²) >= 11 is 0. The van der Waals surface area contributed by atoms with E-state index in [2.05, 4.69) is 17.9 Å². The Labute approximate surface area is 91.7 Å². The van der Waals surface area contributed by atoms with Crippen LogP contribution < -0.4 is 0 Å². The minimum absolute atomic E-state index is 0.129. The van der Waals surface area contributed by atoms with Gasteiger partial charge in [-0.15, -0.1) is 0 Å². The minimum Gasteiger partial charge on any atom is -0.520 e. The van der Waals surface area contributed by atoms with Gasteiger partial charge in [-0.2, -0.15) is 0 Å². The SMILES string of the molecule is C=CC(OC(=C)O[Si](C)(C)C)C(=O)OC. The Hall–Kier alpha value is -1.23. The lowest BCUT2D eigenvalue weighted by molar-refractivity contribution is -0.150. The van der Waals surface area contributed by atoms with Gasteiger partial charge in [0.15, 0.2) is 0 Å². The standard InChI is InChI=1S/C10H18O4Si/c1-7-9(10(11)12-3)13-8(2)14-15(4,5)6/h7,9H,1-2H2,3-6H3. The maximum absolute atomic E-state index is 11.1. The van der Waals surface area contributed by atoms with Crippen LogP contribution in [0.2, 0.25) is 19.6 Å². The minimum atomic E-state index is -1.76. The Bertz CT molecular complexity index is 255. The molecule has 0 aliphatic rings. The monoisotopic (exact) mass is 230 g/mol. The van der Waals surface area contributed by atoms with Crippen LogP contribution in [0.4, 0.5) is 0 Å². The molecular formula is C10H18O4Si. The molecule has 15 heavy (non-hydrogen) atoms. The van der Waals surface area contributed by atoms with Crippen molar-refractivity contribution < 1.29 is 18.7 Å². The third-order valence-corrected chi connectivity index (χ3v) is 2.17. The zero-order valence-corrected chi connectivity index (χ0v) is 10.7. The normalized spacial score (nSPS) is 12.5. The molecule has 0 N–H and O–H groups in total. The average Bonchev–Trinajstić information content (AvgIpc) is 2.10. The second kappa shape index (κ2) is 5.60. The third kappa shape index (κ3) is 5.95. The summed E-state index contributed by atoms with van der Waals surface area (Å²) in [5.74, 6) is -0.394. The van der Waals surface area contributed by atoms with Crippen LogP contribution in [-0.2, 0) is 18.7 Å². The van der Waals surface area contributed by atoms with Gasteiger partial charge in [0.2, 0.25) is 14.4 Å². The summed E-state index contributed by atoms with van der Waals surface area (Å²) in [7, 11) is -0.474. The molecule has 0 rings (SSSR count). The summed E-state index contributed by atoms with van der Waals surface area (Å²) in [5.41, 5.74) is 0. The summed E-state index contributed by atoms with van der Waals surface area (Å²) in [6.07, 6.45) is 0.476. The molecule has 0 aromatic rings. The van der Waals surface area contributed by atoms with Crippen LogP contribution in [0.25, 0.3) is 0 Å². The van der Waals surface area contributed by atoms with Gasteiger partial charge in [0.05, 0.1) is 7.11 Å². The van der Waals surface area contributed by atoms with E-state index in [0.717, 1.165) is 0 Å². The zero-order chi connectivity index (χ0) is 12.1. The number of methoxy groups -OCH3 is 1. The first kappa shape index (κ1) is 13.8. The molecular weight excluding hydrogens is 212 g/mol. The molecule has 0 amide bonds. The Morgan fingerprint density at radius 1 is 1.40 bits per heavy atom. The molecule has 5 heteroatoms. The second-order valence-corrected chi connectivity index (χ2v) is 8.31. The smallest absolute Gasteiger partial charge is 0.351 e. The Morgan fingerprint density at radius 3 is 2.27 bits per heavy atom. The number of carbonyl (C=O) groups is 1. The Morgan fingerprint density at radius 2 is 1.93 bits per heavy atom. The van der Waals surface area contributed by atoms with Gasteiger partial charge in [-0.25, -0.2) is 4.79 Å². The molecule has 0 bridgehead atoms. The first-order valence-corrected chi connectivity index (χ1v) is 7.96. The van der Waals surface area contributed by atoms with Crippen LogP contribution in [0.15, 0.2) is 25.2 Å². The molecule has 0 aliphatic carbocycles. The third-order valence-electron chi connectivity index (χ3n) is 1.33. The van der Waals surface area contributed by atoms with E-state index < -0.39 is 20.4 Å². The number of carbonyl (C=O) groups excluding carboxylic acids is 1. The van der Waals surface area contributed by atoms with Crippen molar-refractivity contribution in [3.63, 3.8) is 0 Å². The molecule has 0 aromatic carbocycles. The van der Waals surface area contributed by atoms with Crippen molar-refractivity contribution in [3.05, 3.63) is 25.2 Å². The number of rotatable bonds is 6. The maximum atomic E-state index is 11.1. The van der Waals surface area contributed by atoms with Crippen molar-refractivity contribution in [1.82, 2.24) is 0 Å². The Balaban J connectivity index is 4.26. The summed E-state index contributed by atoms with van der Waals surface area (Å²) in [4.78, 5) is 11.1. The molecule has 0 saturated carbocycles. The van der Waals surface area contributed by atoms with E-state index in [1.807, 2.05) is 19.6 Å². The van der Waals surface area contributed by atoms with Crippen LogP contribution in [-0.4, -0.2) is 27.5 Å². The number of ether oxygens (including phenoxy) is 2. The predicted molar refractivity (Wildman–Crippen MR) is 60.7 cm³/mol. The lowest BCUT2D eigenvalue weighted by atomic mass is 10.3. The molecule has 1 atom stereocenters. The maximum Gasteiger partial charge on any atom is 0.351 e. The van der Waals surface area contributed by atoms with Crippen molar-refractivity contribution in [2.75, 3.05) is 7.11 Å². The first-order chi connectivity index (χ1) is 6.80. The number of esters is 1. The highest BCUT2D eigenvalue weighted by Crippen LogP contribution is 2.12. The average molecular weight is 230 g/mol. The topological polar surface area (TPSA) is 44.8 Å². The lowest BCUT2D eigenvalue weighted by Gasteiger charge is -2.22. The fourth-order valence-electron chi connectivity index (χ4n) is 0.816. The number of hydrogen-bond acceptors (Lipinski definition) is 4. The summed E-state index contributed by atoms with van der Waals surface area (Å²) in [5, 5.41) is 0. The largest absolute Gasteiger partial charge is 0.520 e. The number of hydrogen-bond donors (Lipinski definition) is 0. The molecule has 0 fully saturated rings. The van der Waals surface area contributed by atoms with Crippen molar-refractivity contribution in [2.24, 2.45) is 0 Å². The molecule has 0 aliphatic heterocycles. The van der Waals surface area contributed by atoms with Crippen LogP contribution in [0.3, 0.4) is 0 Å². The molecule has 4 nitrogen and oxygen atoms in total. The molecule has 0 radical (unpaired) electrons. The zero-order valence-electron chi connectivity index (χ0n) is 9.70. The van der Waals surface area contributed by atoms with Gasteiger partial charge in [-0.1, -0.05) is 6.58 Å². The molecule has 0 spiro atoms. The summed E-state index contributed by atoms with van der Waals surface area (Å²) in [6.45, 7) is 13.0. The van der Waals surface area contributed by atoms with Crippen LogP contribution in [0.5, 0.6) is 0 Å². The van der Waals surface area contributed by atoms with Crippen LogP contribution in [0, 0.1) is 0 Å². The van der Waals surface area contributed by atoms with E-state index in [9.17, 15) is 4.79 Å². The van der Waals surface area contributed by atoms with Gasteiger partial charge in [-0.05, 0) is 32.3 Å². The van der Waals surface area contributed by atoms with Gasteiger partial charge in [-0.3, -0.25) is 0 Å². The van der Waals surface area contributed by atoms with E-state index >= 15 is 0 Å². The Kier molecular flexibility index (Phi) is 5.14. The summed E-state index contributed by atoms with van der Waals surface area (Å²) in [6, 6.07) is 0. The molecule has 1 unspecified atom stereocenters. The van der Waals surface area contributed by atoms with Gasteiger partial charge < -0.3 is 13.9 Å². The van der Waals surface area contributed by atoms with Gasteiger partial charge in [0, 0.05) is 0 Å². The van der Waals surface area contributed by atoms with Crippen molar-refractivity contribution >= 4 is 14.3 Å². The van der Waals surface area contributed by atoms with E-state index in [1.165, 1.54) is 13.2 Å².